The molecular formula is C17H23N3. The van der Waals surface area contributed by atoms with Crippen molar-refractivity contribution < 1.29 is 0 Å². The average molecular weight is 269 g/mol. The molecule has 0 bridgehead atoms. The Hall–Kier alpha value is -1.74. The van der Waals surface area contributed by atoms with E-state index in [2.05, 4.69) is 60.0 Å². The van der Waals surface area contributed by atoms with Crippen molar-refractivity contribution in [3.8, 4) is 0 Å². The highest BCUT2D eigenvalue weighted by Crippen LogP contribution is 2.14. The lowest BCUT2D eigenvalue weighted by molar-refractivity contribution is 0.246. The second-order valence-corrected chi connectivity index (χ2v) is 5.29. The van der Waals surface area contributed by atoms with Crippen molar-refractivity contribution in [1.82, 2.24) is 14.9 Å². The molecule has 0 N–H and O–H groups in total. The number of benzene rings is 1. The molecule has 3 nitrogen and oxygen atoms in total. The van der Waals surface area contributed by atoms with Crippen molar-refractivity contribution in [2.75, 3.05) is 7.05 Å². The summed E-state index contributed by atoms with van der Waals surface area (Å²) in [7, 11) is 2.17. The van der Waals surface area contributed by atoms with Crippen LogP contribution in [0.3, 0.4) is 0 Å². The lowest BCUT2D eigenvalue weighted by Gasteiger charge is -2.25. The fourth-order valence-electron chi connectivity index (χ4n) is 2.38. The molecule has 106 valence electrons. The van der Waals surface area contributed by atoms with Crippen LogP contribution in [0.1, 0.15) is 30.7 Å². The van der Waals surface area contributed by atoms with Gasteiger partial charge >= 0.3 is 0 Å². The van der Waals surface area contributed by atoms with Crippen molar-refractivity contribution in [3.63, 3.8) is 0 Å². The van der Waals surface area contributed by atoms with Gasteiger partial charge in [0.25, 0.3) is 0 Å². The monoisotopic (exact) mass is 269 g/mol. The molecule has 0 aliphatic rings. The number of hydrogen-bond acceptors (Lipinski definition) is 3. The average Bonchev–Trinajstić information content (AvgIpc) is 2.48. The van der Waals surface area contributed by atoms with Crippen LogP contribution in [0, 0.1) is 0 Å². The number of hydrogen-bond donors (Lipinski definition) is 0. The quantitative estimate of drug-likeness (QED) is 0.807. The number of likely N-dealkylation sites (N-methyl/N-ethyl adjacent to an activating group) is 1. The third-order valence-corrected chi connectivity index (χ3v) is 3.79. The molecule has 20 heavy (non-hydrogen) atoms. The summed E-state index contributed by atoms with van der Waals surface area (Å²) in [6.45, 7) is 5.43. The first-order valence-electron chi connectivity index (χ1n) is 7.22. The van der Waals surface area contributed by atoms with E-state index in [1.807, 2.05) is 6.20 Å². The van der Waals surface area contributed by atoms with Gasteiger partial charge < -0.3 is 0 Å². The Morgan fingerprint density at radius 3 is 2.55 bits per heavy atom. The van der Waals surface area contributed by atoms with Gasteiger partial charge in [-0.2, -0.15) is 0 Å². The van der Waals surface area contributed by atoms with Crippen LogP contribution in [-0.4, -0.2) is 28.0 Å². The molecule has 0 aliphatic heterocycles. The van der Waals surface area contributed by atoms with Crippen LogP contribution in [0.25, 0.3) is 0 Å². The van der Waals surface area contributed by atoms with Crippen molar-refractivity contribution >= 4 is 0 Å². The Morgan fingerprint density at radius 2 is 1.90 bits per heavy atom. The largest absolute Gasteiger partial charge is 0.299 e. The van der Waals surface area contributed by atoms with E-state index in [4.69, 9.17) is 0 Å². The van der Waals surface area contributed by atoms with Gasteiger partial charge in [-0.05, 0) is 31.5 Å². The standard InChI is InChI=1S/C17H23N3/c1-4-15-7-5-6-8-16(15)13-20(3)14(2)11-17-12-18-9-10-19-17/h5-10,12,14H,4,11,13H2,1-3H3. The molecule has 1 heterocycles. The first kappa shape index (κ1) is 14.7. The van der Waals surface area contributed by atoms with E-state index in [-0.39, 0.29) is 0 Å². The molecular weight excluding hydrogens is 246 g/mol. The predicted octanol–water partition coefficient (Wildman–Crippen LogP) is 3.10. The van der Waals surface area contributed by atoms with Crippen LogP contribution in [0.4, 0.5) is 0 Å². The SMILES string of the molecule is CCc1ccccc1CN(C)C(C)Cc1cnccn1. The van der Waals surface area contributed by atoms with Crippen LogP contribution >= 0.6 is 0 Å². The van der Waals surface area contributed by atoms with Gasteiger partial charge in [-0.15, -0.1) is 0 Å². The Balaban J connectivity index is 1.99. The van der Waals surface area contributed by atoms with E-state index in [1.54, 1.807) is 12.4 Å². The smallest absolute Gasteiger partial charge is 0.0602 e. The minimum Gasteiger partial charge on any atom is -0.299 e. The van der Waals surface area contributed by atoms with E-state index >= 15 is 0 Å². The molecule has 1 aromatic carbocycles. The van der Waals surface area contributed by atoms with Crippen LogP contribution in [0.5, 0.6) is 0 Å². The van der Waals surface area contributed by atoms with Crippen molar-refractivity contribution in [2.45, 2.75) is 39.3 Å². The van der Waals surface area contributed by atoms with Crippen molar-refractivity contribution in [2.24, 2.45) is 0 Å². The predicted molar refractivity (Wildman–Crippen MR) is 82.5 cm³/mol. The fourth-order valence-corrected chi connectivity index (χ4v) is 2.38. The minimum absolute atomic E-state index is 0.441. The summed E-state index contributed by atoms with van der Waals surface area (Å²) in [6, 6.07) is 9.12. The second-order valence-electron chi connectivity index (χ2n) is 5.29. The molecule has 0 spiro atoms. The van der Waals surface area contributed by atoms with Gasteiger partial charge in [0.2, 0.25) is 0 Å². The summed E-state index contributed by atoms with van der Waals surface area (Å²) in [5, 5.41) is 0. The maximum atomic E-state index is 4.35. The molecule has 0 saturated heterocycles. The topological polar surface area (TPSA) is 29.0 Å². The molecule has 1 unspecified atom stereocenters. The van der Waals surface area contributed by atoms with E-state index in [1.165, 1.54) is 11.1 Å². The summed E-state index contributed by atoms with van der Waals surface area (Å²) in [5.41, 5.74) is 3.91. The van der Waals surface area contributed by atoms with Crippen LogP contribution < -0.4 is 0 Å². The second kappa shape index (κ2) is 7.15. The lowest BCUT2D eigenvalue weighted by atomic mass is 10.0. The third kappa shape index (κ3) is 3.87. The number of nitrogens with zero attached hydrogens (tertiary/aromatic N) is 3. The number of aromatic nitrogens is 2. The highest BCUT2D eigenvalue weighted by molar-refractivity contribution is 5.26. The Kier molecular flexibility index (Phi) is 5.24. The zero-order valence-electron chi connectivity index (χ0n) is 12.6. The molecule has 1 atom stereocenters. The summed E-state index contributed by atoms with van der Waals surface area (Å²) in [6.07, 6.45) is 7.34. The first-order chi connectivity index (χ1) is 9.70. The molecule has 2 rings (SSSR count). The van der Waals surface area contributed by atoms with Gasteiger partial charge in [0, 0.05) is 37.6 Å². The van der Waals surface area contributed by atoms with Gasteiger partial charge in [0.15, 0.2) is 0 Å². The van der Waals surface area contributed by atoms with Crippen molar-refractivity contribution in [1.29, 1.82) is 0 Å². The Bertz CT molecular complexity index is 525. The Morgan fingerprint density at radius 1 is 1.15 bits per heavy atom. The van der Waals surface area contributed by atoms with Crippen molar-refractivity contribution in [3.05, 3.63) is 59.7 Å². The summed E-state index contributed by atoms with van der Waals surface area (Å²) < 4.78 is 0. The molecule has 0 fully saturated rings. The number of rotatable bonds is 6. The van der Waals surface area contributed by atoms with E-state index in [0.717, 1.165) is 25.1 Å². The zero-order valence-corrected chi connectivity index (χ0v) is 12.6. The lowest BCUT2D eigenvalue weighted by Crippen LogP contribution is -2.31. The van der Waals surface area contributed by atoms with E-state index in [0.29, 0.717) is 6.04 Å². The Labute approximate surface area is 121 Å². The molecule has 2 aromatic rings. The number of aryl methyl sites for hydroxylation is 1. The highest BCUT2D eigenvalue weighted by atomic mass is 15.1. The maximum Gasteiger partial charge on any atom is 0.0602 e. The third-order valence-electron chi connectivity index (χ3n) is 3.79. The zero-order chi connectivity index (χ0) is 14.4. The van der Waals surface area contributed by atoms with Gasteiger partial charge in [0.1, 0.15) is 0 Å². The first-order valence-corrected chi connectivity index (χ1v) is 7.22. The minimum atomic E-state index is 0.441. The molecule has 0 radical (unpaired) electrons. The van der Waals surface area contributed by atoms with E-state index < -0.39 is 0 Å². The molecule has 3 heteroatoms. The van der Waals surface area contributed by atoms with E-state index in [9.17, 15) is 0 Å². The maximum absolute atomic E-state index is 4.35. The highest BCUT2D eigenvalue weighted by Gasteiger charge is 2.12. The summed E-state index contributed by atoms with van der Waals surface area (Å²) in [4.78, 5) is 10.9. The van der Waals surface area contributed by atoms with Gasteiger partial charge in [-0.25, -0.2) is 0 Å². The molecule has 0 saturated carbocycles. The summed E-state index contributed by atoms with van der Waals surface area (Å²) in [5.74, 6) is 0. The fraction of sp³-hybridized carbons (Fsp3) is 0.412. The molecule has 0 aliphatic carbocycles. The van der Waals surface area contributed by atoms with Crippen LogP contribution in [-0.2, 0) is 19.4 Å². The van der Waals surface area contributed by atoms with Gasteiger partial charge in [-0.1, -0.05) is 31.2 Å². The van der Waals surface area contributed by atoms with Crippen LogP contribution in [0.2, 0.25) is 0 Å². The molecule has 1 aromatic heterocycles. The van der Waals surface area contributed by atoms with Gasteiger partial charge in [-0.3, -0.25) is 14.9 Å². The van der Waals surface area contributed by atoms with Gasteiger partial charge in [0.05, 0.1) is 5.69 Å². The molecule has 0 amide bonds. The summed E-state index contributed by atoms with van der Waals surface area (Å²) >= 11 is 0. The van der Waals surface area contributed by atoms with Crippen LogP contribution in [0.15, 0.2) is 42.9 Å². The normalized spacial score (nSPS) is 12.6.